The Bertz CT molecular complexity index is 966. The van der Waals surface area contributed by atoms with Gasteiger partial charge in [-0.1, -0.05) is 19.9 Å². The largest absolute Gasteiger partial charge is 0.385 e. The van der Waals surface area contributed by atoms with E-state index in [9.17, 15) is 23.1 Å². The summed E-state index contributed by atoms with van der Waals surface area (Å²) in [5.41, 5.74) is -1.10. The van der Waals surface area contributed by atoms with Crippen LogP contribution in [0.1, 0.15) is 43.1 Å². The Kier molecular flexibility index (Phi) is 10.3. The first kappa shape index (κ1) is 27.6. The topological polar surface area (TPSA) is 73.8 Å². The third-order valence-electron chi connectivity index (χ3n) is 5.27. The fraction of sp³-hybridized carbons (Fsp3) is 0.480. The van der Waals surface area contributed by atoms with Crippen LogP contribution in [-0.4, -0.2) is 60.9 Å². The minimum absolute atomic E-state index is 0.0433. The van der Waals surface area contributed by atoms with Crippen LogP contribution in [0.15, 0.2) is 30.3 Å². The molecule has 1 aliphatic rings. The van der Waals surface area contributed by atoms with Gasteiger partial charge < -0.3 is 25.4 Å². The van der Waals surface area contributed by atoms with Crippen molar-refractivity contribution in [3.8, 4) is 0 Å². The van der Waals surface area contributed by atoms with E-state index in [0.29, 0.717) is 31.9 Å². The Morgan fingerprint density at radius 2 is 1.85 bits per heavy atom. The molecule has 2 aromatic carbocycles. The Morgan fingerprint density at radius 1 is 1.15 bits per heavy atom. The average molecular weight is 482 g/mol. The molecule has 0 bridgehead atoms. The molecule has 3 rings (SSSR count). The van der Waals surface area contributed by atoms with Gasteiger partial charge in [0, 0.05) is 19.8 Å². The van der Waals surface area contributed by atoms with Gasteiger partial charge in [-0.3, -0.25) is 4.79 Å². The number of likely N-dealkylation sites (tertiary alicyclic amines) is 1. The number of benzene rings is 2. The number of ether oxygens (including phenoxy) is 1. The molecule has 3 N–H and O–H groups in total. The molecule has 2 aromatic rings. The van der Waals surface area contributed by atoms with E-state index in [0.717, 1.165) is 18.6 Å². The third kappa shape index (κ3) is 6.94. The molecule has 9 heteroatoms. The van der Waals surface area contributed by atoms with E-state index < -0.39 is 34.6 Å². The fourth-order valence-corrected chi connectivity index (χ4v) is 3.56. The zero-order chi connectivity index (χ0) is 25.3. The number of hydrogen-bond acceptors (Lipinski definition) is 5. The Morgan fingerprint density at radius 3 is 2.50 bits per heavy atom. The molecule has 6 nitrogen and oxygen atoms in total. The average Bonchev–Trinajstić information content (AvgIpc) is 2.80. The Hall–Kier alpha value is -2.62. The second-order valence-corrected chi connectivity index (χ2v) is 8.01. The van der Waals surface area contributed by atoms with Crippen LogP contribution < -0.4 is 10.6 Å². The number of anilines is 2. The quantitative estimate of drug-likeness (QED) is 0.439. The zero-order valence-corrected chi connectivity index (χ0v) is 20.2. The number of nitrogens with one attached hydrogen (secondary N) is 2. The summed E-state index contributed by atoms with van der Waals surface area (Å²) in [5, 5.41) is 16.2. The molecular weight excluding hydrogens is 447 g/mol. The summed E-state index contributed by atoms with van der Waals surface area (Å²) < 4.78 is 47.9. The van der Waals surface area contributed by atoms with Crippen LogP contribution in [0.3, 0.4) is 0 Å². The lowest BCUT2D eigenvalue weighted by Gasteiger charge is -2.46. The number of hydrogen-bond donors (Lipinski definition) is 3. The standard InChI is InChI=1S/C23H28F3N3O3.C2H6/c1-3-32-10-4-9-27-12-23(31)13-29(14-23)22(30)16-6-7-17(24)20(26)21(16)28-19-8-5-15(2)11-18(19)25;1-2/h5-8,11,27-28,31H,3-4,9-10,12-14H2,1-2H3;1-2H3. The molecular formula is C25H34F3N3O3. The van der Waals surface area contributed by atoms with E-state index in [4.69, 9.17) is 4.74 Å². The molecule has 0 aromatic heterocycles. The van der Waals surface area contributed by atoms with Crippen molar-refractivity contribution in [1.82, 2.24) is 10.2 Å². The highest BCUT2D eigenvalue weighted by Gasteiger charge is 2.44. The van der Waals surface area contributed by atoms with Crippen LogP contribution in [0.5, 0.6) is 0 Å². The molecule has 0 saturated carbocycles. The summed E-state index contributed by atoms with van der Waals surface area (Å²) >= 11 is 0. The van der Waals surface area contributed by atoms with Crippen molar-refractivity contribution >= 4 is 17.3 Å². The molecule has 0 radical (unpaired) electrons. The number of carbonyl (C=O) groups is 1. The fourth-order valence-electron chi connectivity index (χ4n) is 3.56. The Balaban J connectivity index is 0.00000199. The Labute approximate surface area is 199 Å². The van der Waals surface area contributed by atoms with Gasteiger partial charge in [0.05, 0.1) is 30.0 Å². The summed E-state index contributed by atoms with van der Waals surface area (Å²) in [6.45, 7) is 9.93. The van der Waals surface area contributed by atoms with Gasteiger partial charge in [-0.2, -0.15) is 0 Å². The number of rotatable bonds is 10. The van der Waals surface area contributed by atoms with Gasteiger partial charge in [-0.25, -0.2) is 13.2 Å². The molecule has 1 amide bonds. The van der Waals surface area contributed by atoms with Crippen LogP contribution in [0, 0.1) is 24.4 Å². The number of nitrogens with zero attached hydrogens (tertiary/aromatic N) is 1. The van der Waals surface area contributed by atoms with Crippen LogP contribution >= 0.6 is 0 Å². The number of carbonyl (C=O) groups excluding carboxylic acids is 1. The molecule has 1 saturated heterocycles. The predicted molar refractivity (Wildman–Crippen MR) is 127 cm³/mol. The molecule has 188 valence electrons. The van der Waals surface area contributed by atoms with Gasteiger partial charge in [-0.15, -0.1) is 0 Å². The normalized spacial score (nSPS) is 14.2. The molecule has 0 aliphatic carbocycles. The molecule has 0 atom stereocenters. The van der Waals surface area contributed by atoms with Crippen LogP contribution in [0.25, 0.3) is 0 Å². The second-order valence-electron chi connectivity index (χ2n) is 8.01. The van der Waals surface area contributed by atoms with Gasteiger partial charge in [-0.05, 0) is 56.6 Å². The number of β-amino-alcohol motifs (C(OH)–C–C–N with tert-alkyl or cyclic N) is 1. The number of aliphatic hydroxyl groups is 1. The van der Waals surface area contributed by atoms with E-state index in [1.54, 1.807) is 13.0 Å². The van der Waals surface area contributed by atoms with Gasteiger partial charge in [0.1, 0.15) is 11.4 Å². The van der Waals surface area contributed by atoms with E-state index in [1.165, 1.54) is 17.0 Å². The minimum Gasteiger partial charge on any atom is -0.385 e. The molecule has 1 aliphatic heterocycles. The third-order valence-corrected chi connectivity index (χ3v) is 5.27. The summed E-state index contributed by atoms with van der Waals surface area (Å²) in [6.07, 6.45) is 0.798. The van der Waals surface area contributed by atoms with E-state index in [-0.39, 0.29) is 24.3 Å². The van der Waals surface area contributed by atoms with Gasteiger partial charge in [0.25, 0.3) is 5.91 Å². The molecule has 34 heavy (non-hydrogen) atoms. The van der Waals surface area contributed by atoms with E-state index in [1.807, 2.05) is 20.8 Å². The highest BCUT2D eigenvalue weighted by atomic mass is 19.2. The number of aryl methyl sites for hydroxylation is 1. The van der Waals surface area contributed by atoms with Crippen LogP contribution in [-0.2, 0) is 4.74 Å². The maximum Gasteiger partial charge on any atom is 0.256 e. The molecule has 1 heterocycles. The van der Waals surface area contributed by atoms with Crippen molar-refractivity contribution in [1.29, 1.82) is 0 Å². The maximum absolute atomic E-state index is 14.6. The van der Waals surface area contributed by atoms with Crippen molar-refractivity contribution < 1.29 is 27.8 Å². The van der Waals surface area contributed by atoms with Gasteiger partial charge in [0.15, 0.2) is 11.6 Å². The monoisotopic (exact) mass is 481 g/mol. The van der Waals surface area contributed by atoms with Crippen molar-refractivity contribution in [2.24, 2.45) is 0 Å². The summed E-state index contributed by atoms with van der Waals surface area (Å²) in [4.78, 5) is 14.3. The predicted octanol–water partition coefficient (Wildman–Crippen LogP) is 4.39. The number of amides is 1. The van der Waals surface area contributed by atoms with Gasteiger partial charge in [0.2, 0.25) is 0 Å². The zero-order valence-electron chi connectivity index (χ0n) is 20.2. The van der Waals surface area contributed by atoms with Crippen LogP contribution in [0.4, 0.5) is 24.5 Å². The SMILES string of the molecule is CC.CCOCCCNCC1(O)CN(C(=O)c2ccc(F)c(F)c2Nc2ccc(C)cc2F)C1. The lowest BCUT2D eigenvalue weighted by molar-refractivity contribution is -0.0785. The van der Waals surface area contributed by atoms with Crippen molar-refractivity contribution in [3.63, 3.8) is 0 Å². The highest BCUT2D eigenvalue weighted by molar-refractivity contribution is 6.01. The van der Waals surface area contributed by atoms with E-state index >= 15 is 0 Å². The van der Waals surface area contributed by atoms with Gasteiger partial charge >= 0.3 is 0 Å². The summed E-state index contributed by atoms with van der Waals surface area (Å²) in [6, 6.07) is 6.26. The van der Waals surface area contributed by atoms with Crippen molar-refractivity contribution in [2.75, 3.05) is 44.7 Å². The lowest BCUT2D eigenvalue weighted by atomic mass is 9.92. The second kappa shape index (κ2) is 12.7. The first-order chi connectivity index (χ1) is 16.2. The first-order valence-electron chi connectivity index (χ1n) is 11.6. The smallest absolute Gasteiger partial charge is 0.256 e. The van der Waals surface area contributed by atoms with E-state index in [2.05, 4.69) is 10.6 Å². The minimum atomic E-state index is -1.28. The summed E-state index contributed by atoms with van der Waals surface area (Å²) in [7, 11) is 0. The maximum atomic E-state index is 14.6. The molecule has 1 fully saturated rings. The highest BCUT2D eigenvalue weighted by Crippen LogP contribution is 2.31. The summed E-state index contributed by atoms with van der Waals surface area (Å²) in [5.74, 6) is -3.67. The molecule has 0 unspecified atom stereocenters. The van der Waals surface area contributed by atoms with Crippen LogP contribution in [0.2, 0.25) is 0 Å². The lowest BCUT2D eigenvalue weighted by Crippen LogP contribution is -2.67. The van der Waals surface area contributed by atoms with Crippen molar-refractivity contribution in [3.05, 3.63) is 58.9 Å². The van der Waals surface area contributed by atoms with Crippen molar-refractivity contribution in [2.45, 2.75) is 39.7 Å². The molecule has 0 spiro atoms. The number of halogens is 3. The first-order valence-corrected chi connectivity index (χ1v) is 11.6.